The molecule has 0 aliphatic rings. The van der Waals surface area contributed by atoms with Crippen molar-refractivity contribution >= 4 is 10.0 Å². The first-order chi connectivity index (χ1) is 16.6. The third kappa shape index (κ3) is 5.39. The molecule has 2 N–H and O–H groups in total. The molecule has 35 heavy (non-hydrogen) atoms. The van der Waals surface area contributed by atoms with Crippen molar-refractivity contribution in [3.8, 4) is 11.3 Å². The van der Waals surface area contributed by atoms with E-state index in [1.807, 2.05) is 27.7 Å². The summed E-state index contributed by atoms with van der Waals surface area (Å²) in [5.74, 6) is -1.47. The van der Waals surface area contributed by atoms with Crippen LogP contribution in [-0.4, -0.2) is 41.9 Å². The summed E-state index contributed by atoms with van der Waals surface area (Å²) in [5, 5.41) is 17.4. The Bertz CT molecular complexity index is 1280. The van der Waals surface area contributed by atoms with E-state index in [0.717, 1.165) is 12.0 Å². The van der Waals surface area contributed by atoms with Crippen LogP contribution < -0.4 is 4.72 Å². The van der Waals surface area contributed by atoms with Gasteiger partial charge in [0, 0.05) is 6.54 Å². The van der Waals surface area contributed by atoms with Gasteiger partial charge in [-0.25, -0.2) is 26.9 Å². The maximum Gasteiger partial charge on any atom is 0.258 e. The summed E-state index contributed by atoms with van der Waals surface area (Å²) in [6.07, 6.45) is 1.25. The van der Waals surface area contributed by atoms with Gasteiger partial charge in [0.1, 0.15) is 11.6 Å². The van der Waals surface area contributed by atoms with Crippen molar-refractivity contribution in [2.45, 2.75) is 56.9 Å². The molecule has 2 atom stereocenters. The van der Waals surface area contributed by atoms with Gasteiger partial charge in [-0.2, -0.15) is 5.10 Å². The molecule has 2 aromatic heterocycles. The number of pyridine rings is 1. The molecule has 0 radical (unpaired) electrons. The fourth-order valence-electron chi connectivity index (χ4n) is 3.89. The van der Waals surface area contributed by atoms with Gasteiger partial charge in [0.25, 0.3) is 10.0 Å². The molecule has 0 saturated carbocycles. The Hall–Kier alpha value is -2.82. The summed E-state index contributed by atoms with van der Waals surface area (Å²) in [6, 6.07) is 10.0. The quantitative estimate of drug-likeness (QED) is 0.426. The van der Waals surface area contributed by atoms with Crippen molar-refractivity contribution in [3.63, 3.8) is 0 Å². The molecule has 0 unspecified atom stereocenters. The average molecular weight is 505 g/mol. The molecule has 3 rings (SSSR count). The van der Waals surface area contributed by atoms with Gasteiger partial charge < -0.3 is 5.11 Å². The Kier molecular flexibility index (Phi) is 8.30. The first kappa shape index (κ1) is 26.8. The van der Waals surface area contributed by atoms with Gasteiger partial charge in [0.15, 0.2) is 5.03 Å². The molecule has 188 valence electrons. The molecule has 10 heteroatoms. The van der Waals surface area contributed by atoms with Crippen molar-refractivity contribution in [1.82, 2.24) is 19.9 Å². The number of nitrogens with zero attached hydrogens (tertiary/aromatic N) is 3. The van der Waals surface area contributed by atoms with Crippen molar-refractivity contribution in [3.05, 3.63) is 71.1 Å². The third-order valence-corrected chi connectivity index (χ3v) is 7.75. The van der Waals surface area contributed by atoms with Crippen LogP contribution in [-0.2, 0) is 15.4 Å². The molecule has 0 amide bonds. The highest BCUT2D eigenvalue weighted by molar-refractivity contribution is 7.89. The van der Waals surface area contributed by atoms with Crippen LogP contribution in [0.2, 0.25) is 0 Å². The Balaban J connectivity index is 2.19. The zero-order chi connectivity index (χ0) is 25.8. The summed E-state index contributed by atoms with van der Waals surface area (Å²) >= 11 is 0. The van der Waals surface area contributed by atoms with Crippen LogP contribution in [0.25, 0.3) is 11.3 Å². The minimum absolute atomic E-state index is 0.0157. The third-order valence-electron chi connectivity index (χ3n) is 6.38. The van der Waals surface area contributed by atoms with Gasteiger partial charge in [0.2, 0.25) is 0 Å². The number of aromatic nitrogens is 3. The summed E-state index contributed by atoms with van der Waals surface area (Å²) in [4.78, 5) is 4.43. The van der Waals surface area contributed by atoms with Crippen LogP contribution in [0.3, 0.4) is 0 Å². The minimum atomic E-state index is -3.92. The van der Waals surface area contributed by atoms with E-state index in [2.05, 4.69) is 19.9 Å². The molecule has 0 aliphatic heterocycles. The van der Waals surface area contributed by atoms with Gasteiger partial charge in [-0.3, -0.25) is 0 Å². The lowest BCUT2D eigenvalue weighted by molar-refractivity contribution is 0.301. The summed E-state index contributed by atoms with van der Waals surface area (Å²) in [7, 11) is -3.92. The van der Waals surface area contributed by atoms with Crippen LogP contribution in [0.5, 0.6) is 0 Å². The van der Waals surface area contributed by atoms with E-state index in [0.29, 0.717) is 17.8 Å². The Morgan fingerprint density at radius 3 is 2.34 bits per heavy atom. The molecule has 3 aromatic rings. The van der Waals surface area contributed by atoms with Crippen LogP contribution in [0.1, 0.15) is 63.4 Å². The smallest absolute Gasteiger partial charge is 0.258 e. The average Bonchev–Trinajstić information content (AvgIpc) is 2.86. The predicted molar refractivity (Wildman–Crippen MR) is 129 cm³/mol. The molecular weight excluding hydrogens is 474 g/mol. The fraction of sp³-hybridized carbons (Fsp3) is 0.400. The lowest BCUT2D eigenvalue weighted by atomic mass is 9.76. The number of nitrogens with one attached hydrogen (secondary N) is 1. The molecule has 2 heterocycles. The number of halogens is 2. The van der Waals surface area contributed by atoms with Crippen LogP contribution in [0.15, 0.2) is 47.5 Å². The lowest BCUT2D eigenvalue weighted by Crippen LogP contribution is -2.31. The minimum Gasteiger partial charge on any atom is -0.395 e. The topological polar surface area (TPSA) is 105 Å². The highest BCUT2D eigenvalue weighted by Crippen LogP contribution is 2.39. The molecule has 0 fully saturated rings. The molecule has 7 nitrogen and oxygen atoms in total. The molecule has 0 bridgehead atoms. The fourth-order valence-corrected chi connectivity index (χ4v) is 4.88. The van der Waals surface area contributed by atoms with Crippen molar-refractivity contribution in [1.29, 1.82) is 0 Å². The summed E-state index contributed by atoms with van der Waals surface area (Å²) in [6.45, 7) is 7.35. The first-order valence-corrected chi connectivity index (χ1v) is 13.0. The lowest BCUT2D eigenvalue weighted by Gasteiger charge is -2.30. The molecule has 1 aromatic carbocycles. The van der Waals surface area contributed by atoms with E-state index in [4.69, 9.17) is 5.11 Å². The maximum atomic E-state index is 14.5. The zero-order valence-electron chi connectivity index (χ0n) is 20.2. The number of rotatable bonds is 10. The van der Waals surface area contributed by atoms with Crippen LogP contribution >= 0.6 is 0 Å². The second kappa shape index (κ2) is 10.8. The van der Waals surface area contributed by atoms with Gasteiger partial charge in [-0.05, 0) is 61.6 Å². The van der Waals surface area contributed by atoms with E-state index in [9.17, 15) is 17.2 Å². The number of aliphatic hydroxyl groups is 1. The van der Waals surface area contributed by atoms with E-state index >= 15 is 0 Å². The van der Waals surface area contributed by atoms with E-state index in [-0.39, 0.29) is 35.4 Å². The van der Waals surface area contributed by atoms with Crippen molar-refractivity contribution in [2.24, 2.45) is 0 Å². The molecule has 0 spiro atoms. The predicted octanol–water partition coefficient (Wildman–Crippen LogP) is 4.32. The van der Waals surface area contributed by atoms with Crippen molar-refractivity contribution in [2.75, 3.05) is 13.2 Å². The van der Waals surface area contributed by atoms with Gasteiger partial charge in [-0.1, -0.05) is 32.9 Å². The summed E-state index contributed by atoms with van der Waals surface area (Å²) in [5.41, 5.74) is 0.820. The normalized spacial score (nSPS) is 14.5. The zero-order valence-corrected chi connectivity index (χ0v) is 21.0. The standard InChI is InChI=1S/C25H30F2N4O3S/c1-5-16(3)17-15-20(23-18(26)9-7-10-19(23)27)30-31-24(17)25(4,6-2)21-11-8-12-22(29-21)35(33,34)28-13-14-32/h7-12,15-16,28,32H,5-6,13-14H2,1-4H3/t16-,25-/m0/s1. The largest absolute Gasteiger partial charge is 0.395 e. The van der Waals surface area contributed by atoms with E-state index in [1.165, 1.54) is 24.3 Å². The van der Waals surface area contributed by atoms with Gasteiger partial charge >= 0.3 is 0 Å². The van der Waals surface area contributed by atoms with E-state index < -0.39 is 27.1 Å². The van der Waals surface area contributed by atoms with Crippen LogP contribution in [0, 0.1) is 11.6 Å². The van der Waals surface area contributed by atoms with Crippen molar-refractivity contribution < 1.29 is 22.3 Å². The van der Waals surface area contributed by atoms with E-state index in [1.54, 1.807) is 18.2 Å². The number of aliphatic hydroxyl groups excluding tert-OH is 1. The second-order valence-electron chi connectivity index (χ2n) is 8.61. The Labute approximate surface area is 204 Å². The molecule has 0 saturated heterocycles. The number of hydrogen-bond donors (Lipinski definition) is 2. The van der Waals surface area contributed by atoms with Gasteiger partial charge in [0.05, 0.1) is 34.7 Å². The van der Waals surface area contributed by atoms with Crippen LogP contribution in [0.4, 0.5) is 8.78 Å². The maximum absolute atomic E-state index is 14.5. The highest BCUT2D eigenvalue weighted by atomic mass is 32.2. The number of sulfonamides is 1. The highest BCUT2D eigenvalue weighted by Gasteiger charge is 2.35. The Morgan fingerprint density at radius 1 is 1.09 bits per heavy atom. The molecule has 0 aliphatic carbocycles. The summed E-state index contributed by atoms with van der Waals surface area (Å²) < 4.78 is 56.4. The Morgan fingerprint density at radius 2 is 1.74 bits per heavy atom. The SMILES string of the molecule is CC[C@H](C)c1cc(-c2c(F)cccc2F)nnc1[C@@](C)(CC)c1cccc(S(=O)(=O)NCCO)n1. The second-order valence-corrected chi connectivity index (χ2v) is 10.3. The number of hydrogen-bond acceptors (Lipinski definition) is 6. The first-order valence-electron chi connectivity index (χ1n) is 11.5. The monoisotopic (exact) mass is 504 g/mol. The number of benzene rings is 1. The van der Waals surface area contributed by atoms with Gasteiger partial charge in [-0.15, -0.1) is 5.10 Å². The molecular formula is C25H30F2N4O3S.